The van der Waals surface area contributed by atoms with Crippen molar-refractivity contribution in [1.82, 2.24) is 4.90 Å². The van der Waals surface area contributed by atoms with Crippen molar-refractivity contribution in [3.63, 3.8) is 0 Å². The first-order chi connectivity index (χ1) is 6.04. The van der Waals surface area contributed by atoms with Gasteiger partial charge in [-0.25, -0.2) is 4.79 Å². The van der Waals surface area contributed by atoms with Gasteiger partial charge in [-0.05, 0) is 13.8 Å². The Morgan fingerprint density at radius 3 is 2.38 bits per heavy atom. The minimum absolute atomic E-state index is 0.0619. The molecule has 72 valence electrons. The second kappa shape index (κ2) is 5.20. The molecule has 0 saturated heterocycles. The maximum atomic E-state index is 11.2. The molecule has 0 amide bonds. The van der Waals surface area contributed by atoms with E-state index in [-0.39, 0.29) is 12.2 Å². The quantitative estimate of drug-likeness (QED) is 0.370. The molecule has 0 heterocycles. The number of hydrogen-bond donors (Lipinski definition) is 0. The Hall–Kier alpha value is -1.50. The second-order valence-electron chi connectivity index (χ2n) is 2.69. The first-order valence-corrected chi connectivity index (χ1v) is 4.00. The predicted molar refractivity (Wildman–Crippen MR) is 48.6 cm³/mol. The van der Waals surface area contributed by atoms with Gasteiger partial charge >= 0.3 is 5.97 Å². The van der Waals surface area contributed by atoms with Crippen molar-refractivity contribution in [3.8, 4) is 6.07 Å². The lowest BCUT2D eigenvalue weighted by Crippen LogP contribution is -2.16. The van der Waals surface area contributed by atoms with Crippen molar-refractivity contribution in [2.45, 2.75) is 13.8 Å². The van der Waals surface area contributed by atoms with Gasteiger partial charge in [0.2, 0.25) is 0 Å². The largest absolute Gasteiger partial charge is 0.462 e. The Balaban J connectivity index is 4.80. The van der Waals surface area contributed by atoms with Crippen molar-refractivity contribution >= 4 is 5.97 Å². The molecular formula is C9H14N2O2. The van der Waals surface area contributed by atoms with Gasteiger partial charge in [0.05, 0.1) is 6.61 Å². The van der Waals surface area contributed by atoms with Gasteiger partial charge in [0.25, 0.3) is 0 Å². The fourth-order valence-corrected chi connectivity index (χ4v) is 0.701. The minimum Gasteiger partial charge on any atom is -0.462 e. The molecular weight excluding hydrogens is 168 g/mol. The SMILES string of the molecule is CCOC(=O)/C(C#N)=C(\C)N(C)C. The molecule has 4 nitrogen and oxygen atoms in total. The zero-order valence-electron chi connectivity index (χ0n) is 8.42. The highest BCUT2D eigenvalue weighted by molar-refractivity contribution is 5.93. The molecule has 0 fully saturated rings. The van der Waals surface area contributed by atoms with Crippen molar-refractivity contribution < 1.29 is 9.53 Å². The Kier molecular flexibility index (Phi) is 4.60. The maximum absolute atomic E-state index is 11.2. The number of nitrogens with zero attached hydrogens (tertiary/aromatic N) is 2. The monoisotopic (exact) mass is 182 g/mol. The molecule has 0 aliphatic rings. The summed E-state index contributed by atoms with van der Waals surface area (Å²) < 4.78 is 4.72. The van der Waals surface area contributed by atoms with Crippen LogP contribution in [-0.2, 0) is 9.53 Å². The van der Waals surface area contributed by atoms with Crippen LogP contribution in [0.25, 0.3) is 0 Å². The highest BCUT2D eigenvalue weighted by Gasteiger charge is 2.14. The van der Waals surface area contributed by atoms with Gasteiger partial charge in [0, 0.05) is 19.8 Å². The van der Waals surface area contributed by atoms with Gasteiger partial charge in [-0.3, -0.25) is 0 Å². The van der Waals surface area contributed by atoms with E-state index in [1.165, 1.54) is 0 Å². The highest BCUT2D eigenvalue weighted by Crippen LogP contribution is 2.07. The molecule has 0 atom stereocenters. The molecule has 0 aromatic carbocycles. The van der Waals surface area contributed by atoms with Crippen LogP contribution in [0, 0.1) is 11.3 Å². The summed E-state index contributed by atoms with van der Waals surface area (Å²) in [7, 11) is 3.54. The molecule has 0 saturated carbocycles. The van der Waals surface area contributed by atoms with E-state index in [9.17, 15) is 4.79 Å². The van der Waals surface area contributed by atoms with E-state index >= 15 is 0 Å². The average Bonchev–Trinajstić information content (AvgIpc) is 2.05. The van der Waals surface area contributed by atoms with E-state index in [0.29, 0.717) is 5.70 Å². The van der Waals surface area contributed by atoms with Crippen molar-refractivity contribution in [3.05, 3.63) is 11.3 Å². The van der Waals surface area contributed by atoms with Crippen molar-refractivity contribution in [2.75, 3.05) is 20.7 Å². The van der Waals surface area contributed by atoms with E-state index in [2.05, 4.69) is 0 Å². The predicted octanol–water partition coefficient (Wildman–Crippen LogP) is 0.909. The first kappa shape index (κ1) is 11.5. The van der Waals surface area contributed by atoms with Gasteiger partial charge in [0.1, 0.15) is 6.07 Å². The smallest absolute Gasteiger partial charge is 0.350 e. The Bertz CT molecular complexity index is 261. The number of carbonyl (C=O) groups is 1. The summed E-state index contributed by atoms with van der Waals surface area (Å²) in [6, 6.07) is 1.83. The topological polar surface area (TPSA) is 53.3 Å². The Labute approximate surface area is 78.4 Å². The van der Waals surface area contributed by atoms with Crippen LogP contribution in [0.5, 0.6) is 0 Å². The number of ether oxygens (including phenoxy) is 1. The van der Waals surface area contributed by atoms with Crippen LogP contribution in [0.3, 0.4) is 0 Å². The molecule has 0 aromatic rings. The van der Waals surface area contributed by atoms with Crippen LogP contribution in [0.15, 0.2) is 11.3 Å². The molecule has 4 heteroatoms. The molecule has 0 N–H and O–H groups in total. The Morgan fingerprint density at radius 2 is 2.08 bits per heavy atom. The van der Waals surface area contributed by atoms with Crippen LogP contribution in [-0.4, -0.2) is 31.6 Å². The normalized spacial score (nSPS) is 11.3. The lowest BCUT2D eigenvalue weighted by molar-refractivity contribution is -0.138. The first-order valence-electron chi connectivity index (χ1n) is 4.00. The summed E-state index contributed by atoms with van der Waals surface area (Å²) >= 11 is 0. The average molecular weight is 182 g/mol. The summed E-state index contributed by atoms with van der Waals surface area (Å²) in [5.41, 5.74) is 0.674. The van der Waals surface area contributed by atoms with Crippen LogP contribution in [0.4, 0.5) is 0 Å². The molecule has 0 aliphatic heterocycles. The van der Waals surface area contributed by atoms with E-state index in [0.717, 1.165) is 0 Å². The second-order valence-corrected chi connectivity index (χ2v) is 2.69. The maximum Gasteiger partial charge on any atom is 0.350 e. The molecule has 0 unspecified atom stereocenters. The van der Waals surface area contributed by atoms with Crippen LogP contribution in [0.2, 0.25) is 0 Å². The van der Waals surface area contributed by atoms with E-state index in [4.69, 9.17) is 10.00 Å². The van der Waals surface area contributed by atoms with Gasteiger partial charge in [-0.1, -0.05) is 0 Å². The molecule has 13 heavy (non-hydrogen) atoms. The third-order valence-corrected chi connectivity index (χ3v) is 1.62. The number of esters is 1. The number of nitriles is 1. The fraction of sp³-hybridized carbons (Fsp3) is 0.556. The molecule has 0 spiro atoms. The lowest BCUT2D eigenvalue weighted by atomic mass is 10.2. The van der Waals surface area contributed by atoms with Crippen molar-refractivity contribution in [2.24, 2.45) is 0 Å². The van der Waals surface area contributed by atoms with Crippen LogP contribution < -0.4 is 0 Å². The van der Waals surface area contributed by atoms with Gasteiger partial charge in [0.15, 0.2) is 5.57 Å². The molecule has 0 rings (SSSR count). The van der Waals surface area contributed by atoms with Crippen molar-refractivity contribution in [1.29, 1.82) is 5.26 Å². The van der Waals surface area contributed by atoms with E-state index in [1.807, 2.05) is 6.07 Å². The highest BCUT2D eigenvalue weighted by atomic mass is 16.5. The standard InChI is InChI=1S/C9H14N2O2/c1-5-13-9(12)8(6-10)7(2)11(3)4/h5H2,1-4H3/b8-7+. The van der Waals surface area contributed by atoms with Crippen LogP contribution in [0.1, 0.15) is 13.8 Å². The number of hydrogen-bond acceptors (Lipinski definition) is 4. The number of rotatable bonds is 3. The zero-order valence-corrected chi connectivity index (χ0v) is 8.42. The number of allylic oxidation sites excluding steroid dienone is 1. The van der Waals surface area contributed by atoms with Gasteiger partial charge in [-0.15, -0.1) is 0 Å². The lowest BCUT2D eigenvalue weighted by Gasteiger charge is -2.13. The molecule has 0 aromatic heterocycles. The summed E-state index contributed by atoms with van der Waals surface area (Å²) in [4.78, 5) is 12.9. The summed E-state index contributed by atoms with van der Waals surface area (Å²) in [6.07, 6.45) is 0. The fourth-order valence-electron chi connectivity index (χ4n) is 0.701. The molecule has 0 bridgehead atoms. The van der Waals surface area contributed by atoms with Crippen LogP contribution >= 0.6 is 0 Å². The summed E-state index contributed by atoms with van der Waals surface area (Å²) in [5.74, 6) is -0.559. The minimum atomic E-state index is -0.559. The zero-order chi connectivity index (χ0) is 10.4. The third kappa shape index (κ3) is 3.16. The summed E-state index contributed by atoms with van der Waals surface area (Å²) in [6.45, 7) is 3.69. The number of carbonyl (C=O) groups excluding carboxylic acids is 1. The molecule has 0 aliphatic carbocycles. The van der Waals surface area contributed by atoms with E-state index < -0.39 is 5.97 Å². The Morgan fingerprint density at radius 1 is 1.54 bits per heavy atom. The van der Waals surface area contributed by atoms with Gasteiger partial charge in [-0.2, -0.15) is 5.26 Å². The van der Waals surface area contributed by atoms with E-state index in [1.54, 1.807) is 32.8 Å². The molecule has 0 radical (unpaired) electrons. The third-order valence-electron chi connectivity index (χ3n) is 1.62. The summed E-state index contributed by atoms with van der Waals surface area (Å²) in [5, 5.41) is 8.71. The van der Waals surface area contributed by atoms with Gasteiger partial charge < -0.3 is 9.64 Å².